The van der Waals surface area contributed by atoms with Crippen molar-refractivity contribution in [2.24, 2.45) is 11.8 Å². The predicted molar refractivity (Wildman–Crippen MR) is 113 cm³/mol. The van der Waals surface area contributed by atoms with Gasteiger partial charge in [-0.3, -0.25) is 14.5 Å². The molecule has 2 aliphatic rings. The van der Waals surface area contributed by atoms with E-state index in [-0.39, 0.29) is 37.1 Å². The first-order valence-electron chi connectivity index (χ1n) is 10.6. The lowest BCUT2D eigenvalue weighted by atomic mass is 9.88. The summed E-state index contributed by atoms with van der Waals surface area (Å²) in [6.07, 6.45) is -5.45. The molecule has 6 nitrogen and oxygen atoms in total. The fraction of sp³-hybridized carbons (Fsp3) is 0.478. The molecular weight excluding hydrogens is 423 g/mol. The summed E-state index contributed by atoms with van der Waals surface area (Å²) in [7, 11) is 3.11. The van der Waals surface area contributed by atoms with Gasteiger partial charge in [0.05, 0.1) is 18.5 Å². The number of benzene rings is 1. The molecule has 4 rings (SSSR count). The van der Waals surface area contributed by atoms with Gasteiger partial charge in [-0.25, -0.2) is 0 Å². The van der Waals surface area contributed by atoms with Crippen LogP contribution < -0.4 is 5.56 Å². The summed E-state index contributed by atoms with van der Waals surface area (Å²) >= 11 is 0. The summed E-state index contributed by atoms with van der Waals surface area (Å²) in [5, 5.41) is 10.1. The molecule has 1 N–H and O–H groups in total. The highest BCUT2D eigenvalue weighted by molar-refractivity contribution is 5.82. The van der Waals surface area contributed by atoms with Gasteiger partial charge in [0.25, 0.3) is 5.56 Å². The molecule has 0 bridgehead atoms. The van der Waals surface area contributed by atoms with Crippen LogP contribution in [0.5, 0.6) is 0 Å². The lowest BCUT2D eigenvalue weighted by molar-refractivity contribution is -0.146. The number of rotatable bonds is 5. The van der Waals surface area contributed by atoms with Crippen LogP contribution >= 0.6 is 0 Å². The van der Waals surface area contributed by atoms with Gasteiger partial charge in [0.2, 0.25) is 5.91 Å². The molecule has 2 aromatic rings. The van der Waals surface area contributed by atoms with Crippen LogP contribution in [0.4, 0.5) is 13.2 Å². The van der Waals surface area contributed by atoms with E-state index in [2.05, 4.69) is 0 Å². The number of hydrogen-bond acceptors (Lipinski definition) is 4. The summed E-state index contributed by atoms with van der Waals surface area (Å²) in [5.41, 5.74) is 1.65. The number of aromatic nitrogens is 1. The number of nitrogens with zero attached hydrogens (tertiary/aromatic N) is 3. The number of likely N-dealkylation sites (N-methyl/N-ethyl adjacent to an activating group) is 1. The molecule has 1 aromatic carbocycles. The normalized spacial score (nSPS) is 24.9. The maximum Gasteiger partial charge on any atom is 0.390 e. The molecule has 2 aliphatic heterocycles. The fourth-order valence-electron chi connectivity index (χ4n) is 5.20. The highest BCUT2D eigenvalue weighted by atomic mass is 19.4. The van der Waals surface area contributed by atoms with Crippen molar-refractivity contribution >= 4 is 5.91 Å². The van der Waals surface area contributed by atoms with Crippen molar-refractivity contribution in [1.29, 1.82) is 0 Å². The monoisotopic (exact) mass is 449 g/mol. The van der Waals surface area contributed by atoms with E-state index in [1.54, 1.807) is 35.7 Å². The quantitative estimate of drug-likeness (QED) is 0.762. The molecule has 1 aromatic heterocycles. The molecule has 1 saturated heterocycles. The number of halogens is 3. The Morgan fingerprint density at radius 1 is 1.16 bits per heavy atom. The van der Waals surface area contributed by atoms with E-state index in [4.69, 9.17) is 0 Å². The number of amides is 1. The molecule has 0 radical (unpaired) electrons. The van der Waals surface area contributed by atoms with Crippen LogP contribution in [-0.2, 0) is 11.3 Å². The van der Waals surface area contributed by atoms with Gasteiger partial charge in [-0.15, -0.1) is 0 Å². The Morgan fingerprint density at radius 3 is 2.44 bits per heavy atom. The number of fused-ring (bicyclic) bond motifs is 3. The molecule has 4 atom stereocenters. The van der Waals surface area contributed by atoms with E-state index in [0.29, 0.717) is 11.3 Å². The number of aliphatic hydroxyl groups is 1. The Hall–Kier alpha value is -2.65. The smallest absolute Gasteiger partial charge is 0.390 e. The SMILES string of the molecule is CN(C)C(=O)[C@H]1[C@H](CO)[C@H]2Cn3c(ccc(-c4ccccc4)c3=O)[C@H]2N1CCC(F)(F)F. The highest BCUT2D eigenvalue weighted by Gasteiger charge is 2.56. The Labute approximate surface area is 183 Å². The molecule has 9 heteroatoms. The number of alkyl halides is 3. The van der Waals surface area contributed by atoms with Gasteiger partial charge in [-0.1, -0.05) is 30.3 Å². The van der Waals surface area contributed by atoms with Crippen LogP contribution in [0.1, 0.15) is 18.2 Å². The predicted octanol–water partition coefficient (Wildman–Crippen LogP) is 2.52. The van der Waals surface area contributed by atoms with Gasteiger partial charge in [0.1, 0.15) is 0 Å². The summed E-state index contributed by atoms with van der Waals surface area (Å²) in [6, 6.07) is 11.2. The minimum atomic E-state index is -4.38. The topological polar surface area (TPSA) is 65.8 Å². The average molecular weight is 449 g/mol. The van der Waals surface area contributed by atoms with E-state index in [1.807, 2.05) is 30.3 Å². The minimum absolute atomic E-state index is 0.217. The first-order valence-corrected chi connectivity index (χ1v) is 10.6. The van der Waals surface area contributed by atoms with Gasteiger partial charge in [0, 0.05) is 56.9 Å². The van der Waals surface area contributed by atoms with Gasteiger partial charge in [-0.2, -0.15) is 13.2 Å². The van der Waals surface area contributed by atoms with Gasteiger partial charge in [-0.05, 0) is 17.7 Å². The van der Waals surface area contributed by atoms with Crippen LogP contribution in [0.25, 0.3) is 11.1 Å². The van der Waals surface area contributed by atoms with Gasteiger partial charge < -0.3 is 14.6 Å². The maximum absolute atomic E-state index is 13.3. The molecule has 0 unspecified atom stereocenters. The second kappa shape index (κ2) is 8.37. The fourth-order valence-corrected chi connectivity index (χ4v) is 5.20. The van der Waals surface area contributed by atoms with Crippen molar-refractivity contribution < 1.29 is 23.1 Å². The third kappa shape index (κ3) is 3.84. The third-order valence-corrected chi connectivity index (χ3v) is 6.62. The summed E-state index contributed by atoms with van der Waals surface area (Å²) < 4.78 is 40.9. The molecule has 1 fully saturated rings. The summed E-state index contributed by atoms with van der Waals surface area (Å²) in [5.74, 6) is -1.24. The molecule has 0 aliphatic carbocycles. The molecule has 172 valence electrons. The van der Waals surface area contributed by atoms with Crippen molar-refractivity contribution in [2.75, 3.05) is 27.2 Å². The zero-order valence-corrected chi connectivity index (χ0v) is 17.9. The summed E-state index contributed by atoms with van der Waals surface area (Å²) in [4.78, 5) is 29.1. The van der Waals surface area contributed by atoms with Crippen molar-refractivity contribution in [1.82, 2.24) is 14.4 Å². The van der Waals surface area contributed by atoms with Crippen LogP contribution in [-0.4, -0.2) is 64.8 Å². The van der Waals surface area contributed by atoms with E-state index < -0.39 is 30.6 Å². The van der Waals surface area contributed by atoms with E-state index in [0.717, 1.165) is 5.56 Å². The lowest BCUT2D eigenvalue weighted by Gasteiger charge is -2.32. The Balaban J connectivity index is 1.78. The number of hydrogen-bond donors (Lipinski definition) is 1. The Bertz CT molecular complexity index is 1050. The van der Waals surface area contributed by atoms with Gasteiger partial charge >= 0.3 is 6.18 Å². The molecular formula is C23H26F3N3O3. The van der Waals surface area contributed by atoms with E-state index in [9.17, 15) is 27.9 Å². The second-order valence-corrected chi connectivity index (χ2v) is 8.69. The zero-order chi connectivity index (χ0) is 23.2. The number of likely N-dealkylation sites (tertiary alicyclic amines) is 1. The number of aliphatic hydroxyl groups excluding tert-OH is 1. The van der Waals surface area contributed by atoms with Crippen LogP contribution in [0.3, 0.4) is 0 Å². The minimum Gasteiger partial charge on any atom is -0.396 e. The van der Waals surface area contributed by atoms with Crippen molar-refractivity contribution in [2.45, 2.75) is 31.2 Å². The van der Waals surface area contributed by atoms with E-state index in [1.165, 1.54) is 4.90 Å². The number of carbonyl (C=O) groups excluding carboxylic acids is 1. The van der Waals surface area contributed by atoms with Crippen molar-refractivity contribution in [3.8, 4) is 11.1 Å². The first kappa shape index (κ1) is 22.5. The first-order chi connectivity index (χ1) is 15.1. The highest BCUT2D eigenvalue weighted by Crippen LogP contribution is 2.50. The van der Waals surface area contributed by atoms with Crippen molar-refractivity contribution in [3.05, 3.63) is 58.5 Å². The van der Waals surface area contributed by atoms with Gasteiger partial charge in [0.15, 0.2) is 0 Å². The zero-order valence-electron chi connectivity index (χ0n) is 17.9. The second-order valence-electron chi connectivity index (χ2n) is 8.69. The third-order valence-electron chi connectivity index (χ3n) is 6.62. The van der Waals surface area contributed by atoms with Crippen LogP contribution in [0, 0.1) is 11.8 Å². The molecule has 1 amide bonds. The summed E-state index contributed by atoms with van der Waals surface area (Å²) in [6.45, 7) is -0.466. The Kier molecular flexibility index (Phi) is 5.89. The van der Waals surface area contributed by atoms with Crippen molar-refractivity contribution in [3.63, 3.8) is 0 Å². The largest absolute Gasteiger partial charge is 0.396 e. The standard InChI is InChI=1S/C23H26F3N3O3/c1-27(2)22(32)20-17(13-30)16-12-29-18(19(16)28(20)11-10-23(24,25)26)9-8-15(21(29)31)14-6-4-3-5-7-14/h3-9,16-17,19-20,30H,10-13H2,1-2H3/t16-,17-,19+,20-/m1/s1. The average Bonchev–Trinajstić information content (AvgIpc) is 3.27. The Morgan fingerprint density at radius 2 is 1.84 bits per heavy atom. The maximum atomic E-state index is 13.3. The van der Waals surface area contributed by atoms with Crippen LogP contribution in [0.2, 0.25) is 0 Å². The van der Waals surface area contributed by atoms with Crippen LogP contribution in [0.15, 0.2) is 47.3 Å². The van der Waals surface area contributed by atoms with E-state index >= 15 is 0 Å². The molecule has 0 saturated carbocycles. The number of pyridine rings is 1. The molecule has 3 heterocycles. The number of carbonyl (C=O) groups is 1. The molecule has 32 heavy (non-hydrogen) atoms. The lowest BCUT2D eigenvalue weighted by Crippen LogP contribution is -2.48. The molecule has 0 spiro atoms.